The fourth-order valence-corrected chi connectivity index (χ4v) is 0.734. The van der Waals surface area contributed by atoms with Crippen molar-refractivity contribution in [2.24, 2.45) is 4.99 Å². The Bertz CT molecular complexity index is 349. The molecule has 0 N–H and O–H groups in total. The molecule has 0 unspecified atom stereocenters. The van der Waals surface area contributed by atoms with Gasteiger partial charge < -0.3 is 9.26 Å². The zero-order valence-corrected chi connectivity index (χ0v) is 7.44. The molecule has 0 saturated heterocycles. The summed E-state index contributed by atoms with van der Waals surface area (Å²) in [4.78, 5) is 3.79. The number of hydrogen-bond donors (Lipinski definition) is 0. The van der Waals surface area contributed by atoms with Gasteiger partial charge in [-0.2, -0.15) is 10.3 Å². The minimum atomic E-state index is 0.188. The molecule has 0 saturated carbocycles. The first-order chi connectivity index (χ1) is 6.29. The first kappa shape index (κ1) is 9.26. The third kappa shape index (κ3) is 2.06. The Hall–Kier alpha value is -1.83. The van der Waals surface area contributed by atoms with Crippen LogP contribution in [0.2, 0.25) is 0 Å². The summed E-state index contributed by atoms with van der Waals surface area (Å²) in [5, 5.41) is 12.3. The van der Waals surface area contributed by atoms with E-state index >= 15 is 0 Å². The van der Waals surface area contributed by atoms with Crippen molar-refractivity contribution in [3.05, 3.63) is 11.3 Å². The van der Waals surface area contributed by atoms with Gasteiger partial charge in [0.2, 0.25) is 0 Å². The van der Waals surface area contributed by atoms with Crippen LogP contribution in [0, 0.1) is 18.3 Å². The quantitative estimate of drug-likeness (QED) is 0.521. The molecule has 1 aromatic rings. The second kappa shape index (κ2) is 4.26. The van der Waals surface area contributed by atoms with Crippen LogP contribution in [-0.4, -0.2) is 18.2 Å². The Kier molecular flexibility index (Phi) is 3.03. The molecule has 0 aromatic carbocycles. The molecule has 0 radical (unpaired) electrons. The lowest BCUT2D eigenvalue weighted by Crippen LogP contribution is -1.83. The lowest BCUT2D eigenvalue weighted by molar-refractivity contribution is 0.341. The van der Waals surface area contributed by atoms with Crippen molar-refractivity contribution >= 4 is 12.3 Å². The summed E-state index contributed by atoms with van der Waals surface area (Å²) >= 11 is 0. The summed E-state index contributed by atoms with van der Waals surface area (Å²) in [6, 6.07) is 1.95. The van der Waals surface area contributed by atoms with Crippen LogP contribution >= 0.6 is 0 Å². The Balaban J connectivity index is 2.84. The van der Waals surface area contributed by atoms with Crippen LogP contribution in [0.25, 0.3) is 0 Å². The molecule has 0 aliphatic carbocycles. The van der Waals surface area contributed by atoms with E-state index in [1.807, 2.05) is 13.0 Å². The van der Waals surface area contributed by atoms with Gasteiger partial charge in [-0.1, -0.05) is 5.16 Å². The molecule has 5 heteroatoms. The second-order valence-corrected chi connectivity index (χ2v) is 2.25. The standard InChI is InChI=1S/C8H9N3O2/c1-3-12-5-10-8-7(4-9)6(2)11-13-8/h5H,3H2,1-2H3/b10-5+. The molecule has 68 valence electrons. The molecule has 13 heavy (non-hydrogen) atoms. The van der Waals surface area contributed by atoms with Crippen molar-refractivity contribution in [2.75, 3.05) is 6.61 Å². The van der Waals surface area contributed by atoms with Crippen LogP contribution in [0.4, 0.5) is 5.88 Å². The van der Waals surface area contributed by atoms with Crippen LogP contribution < -0.4 is 0 Å². The molecule has 0 fully saturated rings. The smallest absolute Gasteiger partial charge is 0.271 e. The highest BCUT2D eigenvalue weighted by Gasteiger charge is 2.10. The summed E-state index contributed by atoms with van der Waals surface area (Å²) < 4.78 is 9.64. The van der Waals surface area contributed by atoms with Crippen molar-refractivity contribution in [3.63, 3.8) is 0 Å². The summed E-state index contributed by atoms with van der Waals surface area (Å²) in [5.41, 5.74) is 0.877. The molecule has 5 nitrogen and oxygen atoms in total. The van der Waals surface area contributed by atoms with Crippen LogP contribution in [0.15, 0.2) is 9.52 Å². The van der Waals surface area contributed by atoms with Crippen molar-refractivity contribution in [3.8, 4) is 6.07 Å². The Morgan fingerprint density at radius 2 is 2.54 bits per heavy atom. The molecular weight excluding hydrogens is 170 g/mol. The van der Waals surface area contributed by atoms with E-state index in [1.165, 1.54) is 6.40 Å². The average molecular weight is 179 g/mol. The Morgan fingerprint density at radius 1 is 1.77 bits per heavy atom. The highest BCUT2D eigenvalue weighted by molar-refractivity contribution is 5.57. The van der Waals surface area contributed by atoms with Gasteiger partial charge >= 0.3 is 0 Å². The summed E-state index contributed by atoms with van der Waals surface area (Å²) in [5.74, 6) is 0.188. The Morgan fingerprint density at radius 3 is 3.15 bits per heavy atom. The van der Waals surface area contributed by atoms with E-state index in [1.54, 1.807) is 6.92 Å². The van der Waals surface area contributed by atoms with Gasteiger partial charge in [0.05, 0.1) is 6.61 Å². The first-order valence-corrected chi connectivity index (χ1v) is 3.80. The predicted octanol–water partition coefficient (Wildman–Crippen LogP) is 1.55. The lowest BCUT2D eigenvalue weighted by atomic mass is 10.3. The summed E-state index contributed by atoms with van der Waals surface area (Å²) in [7, 11) is 0. The highest BCUT2D eigenvalue weighted by atomic mass is 16.5. The SMILES string of the molecule is CCO/C=N/c1onc(C)c1C#N. The topological polar surface area (TPSA) is 71.4 Å². The van der Waals surface area contributed by atoms with E-state index in [9.17, 15) is 0 Å². The zero-order valence-electron chi connectivity index (χ0n) is 7.44. The van der Waals surface area contributed by atoms with E-state index < -0.39 is 0 Å². The van der Waals surface area contributed by atoms with Gasteiger partial charge in [-0.3, -0.25) is 0 Å². The number of hydrogen-bond acceptors (Lipinski definition) is 5. The van der Waals surface area contributed by atoms with Gasteiger partial charge in [0.25, 0.3) is 5.88 Å². The second-order valence-electron chi connectivity index (χ2n) is 2.25. The van der Waals surface area contributed by atoms with Crippen molar-refractivity contribution in [1.29, 1.82) is 5.26 Å². The van der Waals surface area contributed by atoms with Gasteiger partial charge in [-0.15, -0.1) is 0 Å². The van der Waals surface area contributed by atoms with E-state index in [4.69, 9.17) is 14.5 Å². The van der Waals surface area contributed by atoms with E-state index in [0.29, 0.717) is 17.9 Å². The molecule has 0 bridgehead atoms. The molecule has 0 aliphatic heterocycles. The molecule has 1 rings (SSSR count). The van der Waals surface area contributed by atoms with E-state index in [2.05, 4.69) is 10.1 Å². The minimum absolute atomic E-state index is 0.188. The lowest BCUT2D eigenvalue weighted by Gasteiger charge is -1.89. The fourth-order valence-electron chi connectivity index (χ4n) is 0.734. The van der Waals surface area contributed by atoms with Crippen LogP contribution in [0.5, 0.6) is 0 Å². The van der Waals surface area contributed by atoms with Crippen molar-refractivity contribution in [1.82, 2.24) is 5.16 Å². The monoisotopic (exact) mass is 179 g/mol. The van der Waals surface area contributed by atoms with Gasteiger partial charge in [0, 0.05) is 0 Å². The van der Waals surface area contributed by atoms with Gasteiger partial charge in [0.1, 0.15) is 17.3 Å². The maximum absolute atomic E-state index is 8.68. The van der Waals surface area contributed by atoms with Crippen LogP contribution in [0.1, 0.15) is 18.2 Å². The molecule has 1 heterocycles. The molecule has 0 aliphatic rings. The number of aliphatic imine (C=N–C) groups is 1. The maximum atomic E-state index is 8.68. The minimum Gasteiger partial charge on any atom is -0.483 e. The third-order valence-electron chi connectivity index (χ3n) is 1.37. The number of nitriles is 1. The molecule has 0 spiro atoms. The van der Waals surface area contributed by atoms with Gasteiger partial charge in [-0.05, 0) is 13.8 Å². The molecule has 0 atom stereocenters. The van der Waals surface area contributed by atoms with Gasteiger partial charge in [-0.25, -0.2) is 0 Å². The first-order valence-electron chi connectivity index (χ1n) is 3.80. The summed E-state index contributed by atoms with van der Waals surface area (Å²) in [6.07, 6.45) is 1.24. The number of rotatable bonds is 3. The van der Waals surface area contributed by atoms with Gasteiger partial charge in [0.15, 0.2) is 6.40 Å². The van der Waals surface area contributed by atoms with E-state index in [0.717, 1.165) is 0 Å². The number of aryl methyl sites for hydroxylation is 1. The summed E-state index contributed by atoms with van der Waals surface area (Å²) in [6.45, 7) is 4.04. The Labute approximate surface area is 75.6 Å². The van der Waals surface area contributed by atoms with Crippen molar-refractivity contribution < 1.29 is 9.26 Å². The van der Waals surface area contributed by atoms with Crippen LogP contribution in [0.3, 0.4) is 0 Å². The normalized spacial score (nSPS) is 10.2. The molecular formula is C8H9N3O2. The van der Waals surface area contributed by atoms with Crippen LogP contribution in [-0.2, 0) is 4.74 Å². The number of nitrogens with zero attached hydrogens (tertiary/aromatic N) is 3. The van der Waals surface area contributed by atoms with Crippen molar-refractivity contribution in [2.45, 2.75) is 13.8 Å². The molecule has 1 aromatic heterocycles. The average Bonchev–Trinajstić information content (AvgIpc) is 2.47. The van der Waals surface area contributed by atoms with E-state index in [-0.39, 0.29) is 5.88 Å². The highest BCUT2D eigenvalue weighted by Crippen LogP contribution is 2.20. The largest absolute Gasteiger partial charge is 0.483 e. The predicted molar refractivity (Wildman–Crippen MR) is 45.7 cm³/mol. The number of ether oxygens (including phenoxy) is 1. The fraction of sp³-hybridized carbons (Fsp3) is 0.375. The molecule has 0 amide bonds. The third-order valence-corrected chi connectivity index (χ3v) is 1.37. The number of aromatic nitrogens is 1. The maximum Gasteiger partial charge on any atom is 0.271 e. The zero-order chi connectivity index (χ0) is 9.68.